The Hall–Kier alpha value is -4.10. The molecule has 4 aromatic rings. The summed E-state index contributed by atoms with van der Waals surface area (Å²) in [4.78, 5) is 28.5. The van der Waals surface area contributed by atoms with Crippen LogP contribution in [0.15, 0.2) is 91.0 Å². The zero-order valence-electron chi connectivity index (χ0n) is 20.9. The van der Waals surface area contributed by atoms with E-state index in [0.717, 1.165) is 16.3 Å². The summed E-state index contributed by atoms with van der Waals surface area (Å²) < 4.78 is 26.9. The topological polar surface area (TPSA) is 61.4 Å². The number of benzene rings is 4. The van der Waals surface area contributed by atoms with Crippen LogP contribution in [0, 0.1) is 23.5 Å². The Labute approximate surface area is 220 Å². The first-order chi connectivity index (χ1) is 18.4. The van der Waals surface area contributed by atoms with E-state index in [-0.39, 0.29) is 30.0 Å². The molecule has 5 nitrogen and oxygen atoms in total. The molecule has 7 heteroatoms. The summed E-state index contributed by atoms with van der Waals surface area (Å²) in [7, 11) is 0. The number of nitrogens with zero attached hydrogens (tertiary/aromatic N) is 1. The van der Waals surface area contributed by atoms with Gasteiger partial charge in [-0.2, -0.15) is 0 Å². The van der Waals surface area contributed by atoms with Crippen LogP contribution >= 0.6 is 0 Å². The number of hydrogen-bond donors (Lipinski definition) is 2. The first-order valence-corrected chi connectivity index (χ1v) is 12.7. The van der Waals surface area contributed by atoms with Gasteiger partial charge in [0.05, 0.1) is 11.8 Å². The number of fused-ring (bicyclic) bond motifs is 1. The second-order valence-corrected chi connectivity index (χ2v) is 9.85. The standard InChI is InChI=1S/C31H29F2N3O2/c32-27-10-12-29(13-11-27)35-31(38)26-16-25(30(37)34-17-21-4-3-7-28(33)15-21)19-36(20-26)18-22-8-9-23-5-1-2-6-24(23)14-22/h1-15,25-26H,16-20H2,(H,34,37)(H,35,38)/t25-,26+/m0/s1. The molecule has 5 rings (SSSR count). The molecule has 0 spiro atoms. The van der Waals surface area contributed by atoms with E-state index in [1.54, 1.807) is 12.1 Å². The maximum Gasteiger partial charge on any atom is 0.228 e. The van der Waals surface area contributed by atoms with Crippen molar-refractivity contribution in [1.82, 2.24) is 10.2 Å². The Balaban J connectivity index is 1.31. The van der Waals surface area contributed by atoms with Crippen molar-refractivity contribution in [3.05, 3.63) is 114 Å². The third-order valence-corrected chi connectivity index (χ3v) is 6.96. The Bertz CT molecular complexity index is 1440. The lowest BCUT2D eigenvalue weighted by Crippen LogP contribution is -2.48. The number of carbonyl (C=O) groups is 2. The summed E-state index contributed by atoms with van der Waals surface area (Å²) in [6, 6.07) is 26.2. The third-order valence-electron chi connectivity index (χ3n) is 6.96. The minimum atomic E-state index is -0.431. The van der Waals surface area contributed by atoms with Gasteiger partial charge < -0.3 is 10.6 Å². The van der Waals surface area contributed by atoms with Gasteiger partial charge in [-0.1, -0.05) is 48.5 Å². The van der Waals surface area contributed by atoms with E-state index in [1.165, 1.54) is 36.4 Å². The normalized spacial score (nSPS) is 17.7. The Morgan fingerprint density at radius 1 is 0.737 bits per heavy atom. The van der Waals surface area contributed by atoms with Gasteiger partial charge in [0.15, 0.2) is 0 Å². The molecule has 1 aliphatic heterocycles. The van der Waals surface area contributed by atoms with Gasteiger partial charge in [-0.05, 0) is 70.8 Å². The number of carbonyl (C=O) groups excluding carboxylic acids is 2. The van der Waals surface area contributed by atoms with Crippen molar-refractivity contribution in [2.75, 3.05) is 18.4 Å². The van der Waals surface area contributed by atoms with Crippen LogP contribution in [-0.4, -0.2) is 29.8 Å². The molecule has 2 amide bonds. The number of piperidine rings is 1. The number of anilines is 1. The van der Waals surface area contributed by atoms with E-state index < -0.39 is 11.8 Å². The Morgan fingerprint density at radius 2 is 1.47 bits per heavy atom. The molecule has 0 radical (unpaired) electrons. The molecule has 1 fully saturated rings. The number of likely N-dealkylation sites (tertiary alicyclic amines) is 1. The van der Waals surface area contributed by atoms with Crippen LogP contribution in [0.3, 0.4) is 0 Å². The average molecular weight is 514 g/mol. The largest absolute Gasteiger partial charge is 0.352 e. The highest BCUT2D eigenvalue weighted by molar-refractivity contribution is 5.93. The molecular weight excluding hydrogens is 484 g/mol. The minimum Gasteiger partial charge on any atom is -0.352 e. The predicted molar refractivity (Wildman–Crippen MR) is 144 cm³/mol. The fraction of sp³-hybridized carbons (Fsp3) is 0.226. The van der Waals surface area contributed by atoms with Crippen molar-refractivity contribution in [2.24, 2.45) is 11.8 Å². The molecule has 38 heavy (non-hydrogen) atoms. The smallest absolute Gasteiger partial charge is 0.228 e. The van der Waals surface area contributed by atoms with Crippen molar-refractivity contribution in [2.45, 2.75) is 19.5 Å². The van der Waals surface area contributed by atoms with E-state index in [1.807, 2.05) is 12.1 Å². The summed E-state index contributed by atoms with van der Waals surface area (Å²) in [5.74, 6) is -1.95. The average Bonchev–Trinajstić information content (AvgIpc) is 2.93. The zero-order chi connectivity index (χ0) is 26.5. The van der Waals surface area contributed by atoms with Crippen LogP contribution in [0.1, 0.15) is 17.5 Å². The third kappa shape index (κ3) is 6.42. The van der Waals surface area contributed by atoms with Gasteiger partial charge in [0.25, 0.3) is 0 Å². The van der Waals surface area contributed by atoms with Crippen LogP contribution in [0.4, 0.5) is 14.5 Å². The fourth-order valence-electron chi connectivity index (χ4n) is 5.05. The number of halogens is 2. The van der Waals surface area contributed by atoms with Gasteiger partial charge in [0.2, 0.25) is 11.8 Å². The van der Waals surface area contributed by atoms with Gasteiger partial charge in [-0.25, -0.2) is 8.78 Å². The number of hydrogen-bond acceptors (Lipinski definition) is 3. The predicted octanol–water partition coefficient (Wildman–Crippen LogP) is 5.51. The summed E-state index contributed by atoms with van der Waals surface area (Å²) in [6.07, 6.45) is 0.385. The molecule has 2 N–H and O–H groups in total. The maximum atomic E-state index is 13.6. The van der Waals surface area contributed by atoms with Crippen LogP contribution in [0.5, 0.6) is 0 Å². The molecular formula is C31H29F2N3O2. The van der Waals surface area contributed by atoms with Crippen molar-refractivity contribution >= 4 is 28.3 Å². The van der Waals surface area contributed by atoms with Crippen molar-refractivity contribution in [3.63, 3.8) is 0 Å². The second kappa shape index (κ2) is 11.5. The Morgan fingerprint density at radius 3 is 2.24 bits per heavy atom. The first kappa shape index (κ1) is 25.5. The molecule has 0 unspecified atom stereocenters. The number of nitrogens with one attached hydrogen (secondary N) is 2. The van der Waals surface area contributed by atoms with E-state index in [9.17, 15) is 18.4 Å². The van der Waals surface area contributed by atoms with Gasteiger partial charge >= 0.3 is 0 Å². The van der Waals surface area contributed by atoms with E-state index >= 15 is 0 Å². The van der Waals surface area contributed by atoms with Crippen molar-refractivity contribution in [1.29, 1.82) is 0 Å². The van der Waals surface area contributed by atoms with Crippen molar-refractivity contribution < 1.29 is 18.4 Å². The second-order valence-electron chi connectivity index (χ2n) is 9.85. The molecule has 4 aromatic carbocycles. The van der Waals surface area contributed by atoms with Gasteiger partial charge in [0, 0.05) is 31.9 Å². The number of rotatable bonds is 7. The van der Waals surface area contributed by atoms with Gasteiger partial charge in [-0.15, -0.1) is 0 Å². The monoisotopic (exact) mass is 513 g/mol. The molecule has 0 aliphatic carbocycles. The van der Waals surface area contributed by atoms with Crippen LogP contribution < -0.4 is 10.6 Å². The van der Waals surface area contributed by atoms with Gasteiger partial charge in [0.1, 0.15) is 11.6 Å². The van der Waals surface area contributed by atoms with Crippen molar-refractivity contribution in [3.8, 4) is 0 Å². The SMILES string of the molecule is O=C(NCc1cccc(F)c1)[C@H]1C[C@@H](C(=O)Nc2ccc(F)cc2)CN(Cc2ccc3ccccc3c2)C1. The summed E-state index contributed by atoms with van der Waals surface area (Å²) >= 11 is 0. The first-order valence-electron chi connectivity index (χ1n) is 12.7. The number of amides is 2. The van der Waals surface area contributed by atoms with Crippen LogP contribution in [0.2, 0.25) is 0 Å². The molecule has 2 atom stereocenters. The lowest BCUT2D eigenvalue weighted by Gasteiger charge is -2.36. The van der Waals surface area contributed by atoms with E-state index in [2.05, 4.69) is 45.9 Å². The highest BCUT2D eigenvalue weighted by Crippen LogP contribution is 2.26. The minimum absolute atomic E-state index is 0.169. The molecule has 1 saturated heterocycles. The van der Waals surface area contributed by atoms with E-state index in [0.29, 0.717) is 37.3 Å². The molecule has 0 aromatic heterocycles. The van der Waals surface area contributed by atoms with Crippen LogP contribution in [0.25, 0.3) is 10.8 Å². The highest BCUT2D eigenvalue weighted by atomic mass is 19.1. The van der Waals surface area contributed by atoms with Gasteiger partial charge in [-0.3, -0.25) is 14.5 Å². The van der Waals surface area contributed by atoms with Crippen LogP contribution in [-0.2, 0) is 22.7 Å². The molecule has 1 heterocycles. The molecule has 1 aliphatic rings. The molecule has 0 bridgehead atoms. The summed E-state index contributed by atoms with van der Waals surface area (Å²) in [5.41, 5.74) is 2.28. The Kier molecular flexibility index (Phi) is 7.75. The summed E-state index contributed by atoms with van der Waals surface area (Å²) in [5, 5.41) is 8.07. The van der Waals surface area contributed by atoms with E-state index in [4.69, 9.17) is 0 Å². The zero-order valence-corrected chi connectivity index (χ0v) is 20.9. The molecule has 194 valence electrons. The quantitative estimate of drug-likeness (QED) is 0.343. The lowest BCUT2D eigenvalue weighted by molar-refractivity contribution is -0.130. The fourth-order valence-corrected chi connectivity index (χ4v) is 5.05. The maximum absolute atomic E-state index is 13.6. The summed E-state index contributed by atoms with van der Waals surface area (Å²) in [6.45, 7) is 1.80. The lowest BCUT2D eigenvalue weighted by atomic mass is 9.87. The highest BCUT2D eigenvalue weighted by Gasteiger charge is 2.35. The molecule has 0 saturated carbocycles.